The Hall–Kier alpha value is -0.280. The summed E-state index contributed by atoms with van der Waals surface area (Å²) in [5.74, 6) is 1.04. The molecular weight excluding hydrogens is 352 g/mol. The van der Waals surface area contributed by atoms with Crippen LogP contribution in [-0.2, 0) is 33.2 Å². The molecule has 7 heteroatoms. The lowest BCUT2D eigenvalue weighted by atomic mass is 10.1. The first-order chi connectivity index (χ1) is 13.2. The maximum Gasteiger partial charge on any atom is 0.0517 e. The molecule has 0 amide bonds. The zero-order valence-corrected chi connectivity index (χ0v) is 18.1. The molecule has 0 aliphatic carbocycles. The summed E-state index contributed by atoms with van der Waals surface area (Å²) in [7, 11) is 8.58. The maximum atomic E-state index is 5.92. The van der Waals surface area contributed by atoms with Crippen molar-refractivity contribution in [1.29, 1.82) is 0 Å². The summed E-state index contributed by atoms with van der Waals surface area (Å²) >= 11 is 0. The third kappa shape index (κ3) is 16.4. The number of rotatable bonds is 21. The lowest BCUT2D eigenvalue weighted by Gasteiger charge is -2.20. The number of hydrogen-bond acceptors (Lipinski definition) is 7. The van der Waals surface area contributed by atoms with Crippen LogP contribution in [-0.4, -0.2) is 95.0 Å². The van der Waals surface area contributed by atoms with Gasteiger partial charge >= 0.3 is 0 Å². The molecule has 3 atom stereocenters. The van der Waals surface area contributed by atoms with Gasteiger partial charge in [-0.2, -0.15) is 0 Å². The normalized spacial score (nSPS) is 15.0. The van der Waals surface area contributed by atoms with E-state index in [1.54, 1.807) is 35.5 Å². The Balaban J connectivity index is 4.06. The van der Waals surface area contributed by atoms with Crippen molar-refractivity contribution in [2.24, 2.45) is 17.8 Å². The van der Waals surface area contributed by atoms with E-state index in [1.807, 2.05) is 0 Å². The van der Waals surface area contributed by atoms with E-state index in [2.05, 4.69) is 0 Å². The van der Waals surface area contributed by atoms with Crippen molar-refractivity contribution in [2.45, 2.75) is 19.3 Å². The number of methoxy groups -OCH3 is 5. The summed E-state index contributed by atoms with van der Waals surface area (Å²) in [4.78, 5) is 0. The van der Waals surface area contributed by atoms with Crippen molar-refractivity contribution in [3.63, 3.8) is 0 Å². The minimum Gasteiger partial charge on any atom is -0.385 e. The Morgan fingerprint density at radius 3 is 1.15 bits per heavy atom. The summed E-state index contributed by atoms with van der Waals surface area (Å²) in [5, 5.41) is 0. The van der Waals surface area contributed by atoms with Crippen LogP contribution in [0.5, 0.6) is 0 Å². The summed E-state index contributed by atoms with van der Waals surface area (Å²) in [6, 6.07) is 0. The first-order valence-electron chi connectivity index (χ1n) is 9.81. The molecule has 3 unspecified atom stereocenters. The van der Waals surface area contributed by atoms with Gasteiger partial charge in [-0.1, -0.05) is 0 Å². The molecule has 27 heavy (non-hydrogen) atoms. The molecule has 0 radical (unpaired) electrons. The summed E-state index contributed by atoms with van der Waals surface area (Å²) in [5.41, 5.74) is 0. The largest absolute Gasteiger partial charge is 0.385 e. The van der Waals surface area contributed by atoms with Crippen LogP contribution >= 0.6 is 0 Å². The first-order valence-corrected chi connectivity index (χ1v) is 9.81. The minimum absolute atomic E-state index is 0.320. The zero-order chi connectivity index (χ0) is 20.2. The molecule has 0 spiro atoms. The van der Waals surface area contributed by atoms with Crippen LogP contribution in [0, 0.1) is 17.8 Å². The molecular formula is C20H42O7. The quantitative estimate of drug-likeness (QED) is 0.277. The van der Waals surface area contributed by atoms with Crippen molar-refractivity contribution in [3.8, 4) is 0 Å². The van der Waals surface area contributed by atoms with E-state index in [0.717, 1.165) is 32.5 Å². The second-order valence-electron chi connectivity index (χ2n) is 6.93. The van der Waals surface area contributed by atoms with Gasteiger partial charge in [0, 0.05) is 73.1 Å². The highest BCUT2D eigenvalue weighted by atomic mass is 16.5. The van der Waals surface area contributed by atoms with Gasteiger partial charge in [0.25, 0.3) is 0 Å². The van der Waals surface area contributed by atoms with E-state index in [1.165, 1.54) is 0 Å². The Morgan fingerprint density at radius 1 is 0.407 bits per heavy atom. The van der Waals surface area contributed by atoms with Gasteiger partial charge in [0.1, 0.15) is 0 Å². The van der Waals surface area contributed by atoms with E-state index in [4.69, 9.17) is 33.2 Å². The highest BCUT2D eigenvalue weighted by Crippen LogP contribution is 2.11. The van der Waals surface area contributed by atoms with Crippen LogP contribution in [0.1, 0.15) is 19.3 Å². The van der Waals surface area contributed by atoms with Gasteiger partial charge in [-0.25, -0.2) is 0 Å². The monoisotopic (exact) mass is 394 g/mol. The Kier molecular flexibility index (Phi) is 20.2. The molecule has 0 N–H and O–H groups in total. The second kappa shape index (κ2) is 20.5. The van der Waals surface area contributed by atoms with Crippen molar-refractivity contribution < 1.29 is 33.2 Å². The Bertz CT molecular complexity index is 292. The fourth-order valence-corrected chi connectivity index (χ4v) is 2.82. The molecule has 0 heterocycles. The third-order valence-electron chi connectivity index (χ3n) is 4.40. The smallest absolute Gasteiger partial charge is 0.0517 e. The standard InChI is InChI=1S/C20H42O7/c1-21-9-6-18(12-23-3)15-26-11-8-20(14-25-5)17-27-16-19(13-24-4)7-10-22-2/h18-20H,6-17H2,1-5H3. The van der Waals surface area contributed by atoms with Crippen LogP contribution in [0.4, 0.5) is 0 Å². The molecule has 7 nitrogen and oxygen atoms in total. The SMILES string of the molecule is COCCC(COC)COCCC(COC)COCC(CCOC)COC. The molecule has 0 aromatic carbocycles. The number of ether oxygens (including phenoxy) is 7. The molecule has 0 aromatic heterocycles. The van der Waals surface area contributed by atoms with E-state index >= 15 is 0 Å². The van der Waals surface area contributed by atoms with Gasteiger partial charge in [0.15, 0.2) is 0 Å². The second-order valence-corrected chi connectivity index (χ2v) is 6.93. The van der Waals surface area contributed by atoms with E-state index in [0.29, 0.717) is 64.0 Å². The molecule has 0 aromatic rings. The molecule has 0 saturated carbocycles. The predicted molar refractivity (Wildman–Crippen MR) is 105 cm³/mol. The fourth-order valence-electron chi connectivity index (χ4n) is 2.82. The van der Waals surface area contributed by atoms with Crippen molar-refractivity contribution in [3.05, 3.63) is 0 Å². The average molecular weight is 395 g/mol. The topological polar surface area (TPSA) is 64.6 Å². The van der Waals surface area contributed by atoms with Crippen LogP contribution in [0.3, 0.4) is 0 Å². The molecule has 0 bridgehead atoms. The molecule has 0 saturated heterocycles. The van der Waals surface area contributed by atoms with Crippen molar-refractivity contribution in [1.82, 2.24) is 0 Å². The predicted octanol–water partition coefficient (Wildman–Crippen LogP) is 2.27. The zero-order valence-electron chi connectivity index (χ0n) is 18.1. The van der Waals surface area contributed by atoms with E-state index < -0.39 is 0 Å². The Labute approximate surface area is 165 Å². The highest BCUT2D eigenvalue weighted by Gasteiger charge is 2.14. The average Bonchev–Trinajstić information content (AvgIpc) is 2.67. The molecule has 164 valence electrons. The van der Waals surface area contributed by atoms with Crippen LogP contribution < -0.4 is 0 Å². The first kappa shape index (κ1) is 26.7. The lowest BCUT2D eigenvalue weighted by molar-refractivity contribution is -0.00290. The van der Waals surface area contributed by atoms with Gasteiger partial charge in [-0.3, -0.25) is 0 Å². The van der Waals surface area contributed by atoms with E-state index in [-0.39, 0.29) is 0 Å². The third-order valence-corrected chi connectivity index (χ3v) is 4.40. The van der Waals surface area contributed by atoms with Gasteiger partial charge in [0.05, 0.1) is 39.6 Å². The summed E-state index contributed by atoms with van der Waals surface area (Å²) in [6.45, 7) is 6.20. The van der Waals surface area contributed by atoms with Gasteiger partial charge in [-0.15, -0.1) is 0 Å². The molecule has 0 aliphatic rings. The van der Waals surface area contributed by atoms with Gasteiger partial charge < -0.3 is 33.2 Å². The van der Waals surface area contributed by atoms with Crippen molar-refractivity contribution >= 4 is 0 Å². The van der Waals surface area contributed by atoms with Crippen molar-refractivity contribution in [2.75, 3.05) is 95.0 Å². The van der Waals surface area contributed by atoms with Crippen LogP contribution in [0.25, 0.3) is 0 Å². The minimum atomic E-state index is 0.320. The van der Waals surface area contributed by atoms with Crippen LogP contribution in [0.15, 0.2) is 0 Å². The van der Waals surface area contributed by atoms with E-state index in [9.17, 15) is 0 Å². The summed E-state index contributed by atoms with van der Waals surface area (Å²) < 4.78 is 37.9. The molecule has 0 aliphatic heterocycles. The summed E-state index contributed by atoms with van der Waals surface area (Å²) in [6.07, 6.45) is 2.78. The van der Waals surface area contributed by atoms with Crippen LogP contribution in [0.2, 0.25) is 0 Å². The molecule has 0 fully saturated rings. The highest BCUT2D eigenvalue weighted by molar-refractivity contribution is 4.62. The molecule has 0 rings (SSSR count). The lowest BCUT2D eigenvalue weighted by Crippen LogP contribution is -2.23. The Morgan fingerprint density at radius 2 is 0.778 bits per heavy atom. The van der Waals surface area contributed by atoms with Gasteiger partial charge in [0.2, 0.25) is 0 Å². The maximum absolute atomic E-state index is 5.92. The van der Waals surface area contributed by atoms with Gasteiger partial charge in [-0.05, 0) is 19.3 Å². The fraction of sp³-hybridized carbons (Fsp3) is 1.00. The number of hydrogen-bond donors (Lipinski definition) is 0.